The van der Waals surface area contributed by atoms with Crippen molar-refractivity contribution in [2.24, 2.45) is 41.4 Å². The Labute approximate surface area is 254 Å². The van der Waals surface area contributed by atoms with Crippen molar-refractivity contribution in [1.29, 1.82) is 0 Å². The Hall–Kier alpha value is 0. The molecule has 3 saturated carbocycles. The van der Waals surface area contributed by atoms with Gasteiger partial charge in [-0.1, -0.05) is 175 Å². The highest BCUT2D eigenvalue weighted by atomic mass is 14.4. The van der Waals surface area contributed by atoms with Crippen molar-refractivity contribution in [3.63, 3.8) is 0 Å². The molecule has 0 nitrogen and oxygen atoms in total. The summed E-state index contributed by atoms with van der Waals surface area (Å²) in [5.74, 6) is 7.21. The highest BCUT2D eigenvalue weighted by molar-refractivity contribution is 4.88. The Kier molecular flexibility index (Phi) is 18.7. The third-order valence-electron chi connectivity index (χ3n) is 12.5. The number of hydrogen-bond acceptors (Lipinski definition) is 0. The molecule has 0 N–H and O–H groups in total. The molecule has 3 aliphatic rings. The molecule has 0 heterocycles. The van der Waals surface area contributed by atoms with E-state index in [2.05, 4.69) is 20.8 Å². The van der Waals surface area contributed by atoms with Gasteiger partial charge in [0.25, 0.3) is 0 Å². The Bertz CT molecular complexity index is 557. The van der Waals surface area contributed by atoms with Gasteiger partial charge in [-0.3, -0.25) is 0 Å². The molecule has 0 radical (unpaired) electrons. The zero-order valence-corrected chi connectivity index (χ0v) is 28.3. The second-order valence-electron chi connectivity index (χ2n) is 15.6. The van der Waals surface area contributed by atoms with Gasteiger partial charge in [0.2, 0.25) is 0 Å². The summed E-state index contributed by atoms with van der Waals surface area (Å²) in [6.07, 6.45) is 45.6. The van der Waals surface area contributed by atoms with Crippen LogP contribution in [0.4, 0.5) is 0 Å². The first kappa shape index (κ1) is 34.5. The van der Waals surface area contributed by atoms with Gasteiger partial charge in [-0.2, -0.15) is 0 Å². The SMILES string of the molecule is CCCCCCCC(CC)C1CC(C)CCCCCCC1C1CCC(C2CCCCCCCCCCCC2)CC1. The quantitative estimate of drug-likeness (QED) is 0.235. The second-order valence-corrected chi connectivity index (χ2v) is 15.6. The van der Waals surface area contributed by atoms with Crippen LogP contribution in [-0.2, 0) is 0 Å². The minimum atomic E-state index is 0.955. The topological polar surface area (TPSA) is 0 Å². The third-order valence-corrected chi connectivity index (χ3v) is 12.5. The monoisotopic (exact) mass is 557 g/mol. The van der Waals surface area contributed by atoms with Crippen molar-refractivity contribution in [3.8, 4) is 0 Å². The molecule has 0 spiro atoms. The van der Waals surface area contributed by atoms with Crippen LogP contribution in [0.25, 0.3) is 0 Å². The van der Waals surface area contributed by atoms with Gasteiger partial charge in [0.1, 0.15) is 0 Å². The molecule has 4 atom stereocenters. The van der Waals surface area contributed by atoms with E-state index in [-0.39, 0.29) is 0 Å². The predicted octanol–water partition coefficient (Wildman–Crippen LogP) is 14.1. The molecule has 236 valence electrons. The molecular weight excluding hydrogens is 480 g/mol. The minimum absolute atomic E-state index is 0.955. The van der Waals surface area contributed by atoms with Crippen molar-refractivity contribution in [1.82, 2.24) is 0 Å². The summed E-state index contributed by atoms with van der Waals surface area (Å²) in [4.78, 5) is 0. The summed E-state index contributed by atoms with van der Waals surface area (Å²) in [6, 6.07) is 0. The standard InChI is InChI=1S/C40H76/c1-4-6-7-14-20-25-35(5-2)40-33-34(3)24-19-17-18-23-28-39(40)38-31-29-37(30-32-38)36-26-21-15-12-10-8-9-11-13-16-22-27-36/h34-40H,4-33H2,1-3H3. The fraction of sp³-hybridized carbons (Fsp3) is 1.00. The molecule has 0 aromatic heterocycles. The van der Waals surface area contributed by atoms with Gasteiger partial charge in [-0.05, 0) is 80.0 Å². The number of hydrogen-bond donors (Lipinski definition) is 0. The molecule has 0 aliphatic heterocycles. The summed E-state index contributed by atoms with van der Waals surface area (Å²) in [5, 5.41) is 0. The first-order chi connectivity index (χ1) is 19.7. The Morgan fingerprint density at radius 3 is 1.52 bits per heavy atom. The summed E-state index contributed by atoms with van der Waals surface area (Å²) in [7, 11) is 0. The van der Waals surface area contributed by atoms with Crippen LogP contribution in [-0.4, -0.2) is 0 Å². The van der Waals surface area contributed by atoms with Crippen LogP contribution in [0, 0.1) is 41.4 Å². The molecule has 4 unspecified atom stereocenters. The van der Waals surface area contributed by atoms with E-state index in [1.54, 1.807) is 51.4 Å². The van der Waals surface area contributed by atoms with Crippen LogP contribution < -0.4 is 0 Å². The minimum Gasteiger partial charge on any atom is -0.0654 e. The van der Waals surface area contributed by atoms with E-state index in [4.69, 9.17) is 0 Å². The average molecular weight is 557 g/mol. The molecule has 0 saturated heterocycles. The third kappa shape index (κ3) is 13.1. The highest BCUT2D eigenvalue weighted by Crippen LogP contribution is 2.48. The second kappa shape index (κ2) is 21.7. The van der Waals surface area contributed by atoms with E-state index in [9.17, 15) is 0 Å². The fourth-order valence-electron chi connectivity index (χ4n) is 9.94. The maximum atomic E-state index is 2.63. The van der Waals surface area contributed by atoms with Crippen molar-refractivity contribution in [2.45, 2.75) is 213 Å². The van der Waals surface area contributed by atoms with Gasteiger partial charge in [-0.25, -0.2) is 0 Å². The maximum absolute atomic E-state index is 2.63. The van der Waals surface area contributed by atoms with E-state index >= 15 is 0 Å². The van der Waals surface area contributed by atoms with Gasteiger partial charge in [0, 0.05) is 0 Å². The zero-order valence-electron chi connectivity index (χ0n) is 28.3. The van der Waals surface area contributed by atoms with Gasteiger partial charge in [-0.15, -0.1) is 0 Å². The first-order valence-electron chi connectivity index (χ1n) is 19.7. The van der Waals surface area contributed by atoms with Crippen molar-refractivity contribution in [2.75, 3.05) is 0 Å². The summed E-state index contributed by atoms with van der Waals surface area (Å²) >= 11 is 0. The molecular formula is C40H76. The molecule has 40 heavy (non-hydrogen) atoms. The molecule has 0 heteroatoms. The molecule has 0 aromatic rings. The van der Waals surface area contributed by atoms with Crippen LogP contribution in [0.2, 0.25) is 0 Å². The van der Waals surface area contributed by atoms with Crippen LogP contribution >= 0.6 is 0 Å². The molecule has 0 bridgehead atoms. The van der Waals surface area contributed by atoms with E-state index in [1.165, 1.54) is 141 Å². The lowest BCUT2D eigenvalue weighted by Crippen LogP contribution is -2.34. The number of unbranched alkanes of at least 4 members (excludes halogenated alkanes) is 4. The van der Waals surface area contributed by atoms with E-state index in [0.717, 1.165) is 41.4 Å². The van der Waals surface area contributed by atoms with Crippen LogP contribution in [0.5, 0.6) is 0 Å². The van der Waals surface area contributed by atoms with Gasteiger partial charge in [0.05, 0.1) is 0 Å². The Balaban J connectivity index is 1.61. The zero-order chi connectivity index (χ0) is 28.3. The molecule has 0 amide bonds. The van der Waals surface area contributed by atoms with Crippen molar-refractivity contribution >= 4 is 0 Å². The van der Waals surface area contributed by atoms with Crippen molar-refractivity contribution < 1.29 is 0 Å². The predicted molar refractivity (Wildman–Crippen MR) is 180 cm³/mol. The van der Waals surface area contributed by atoms with Gasteiger partial charge in [0.15, 0.2) is 0 Å². The average Bonchev–Trinajstić information content (AvgIpc) is 3.00. The lowest BCUT2D eigenvalue weighted by atomic mass is 9.62. The Morgan fingerprint density at radius 1 is 0.475 bits per heavy atom. The molecule has 3 rings (SSSR count). The highest BCUT2D eigenvalue weighted by Gasteiger charge is 2.37. The summed E-state index contributed by atoms with van der Waals surface area (Å²) < 4.78 is 0. The van der Waals surface area contributed by atoms with Gasteiger partial charge < -0.3 is 0 Å². The summed E-state index contributed by atoms with van der Waals surface area (Å²) in [5.41, 5.74) is 0. The molecule has 3 aliphatic carbocycles. The van der Waals surface area contributed by atoms with Crippen LogP contribution in [0.3, 0.4) is 0 Å². The summed E-state index contributed by atoms with van der Waals surface area (Å²) in [6.45, 7) is 7.54. The fourth-order valence-corrected chi connectivity index (χ4v) is 9.94. The molecule has 3 fully saturated rings. The lowest BCUT2D eigenvalue weighted by molar-refractivity contribution is 0.0655. The number of rotatable bonds is 10. The molecule has 0 aromatic carbocycles. The van der Waals surface area contributed by atoms with Gasteiger partial charge >= 0.3 is 0 Å². The van der Waals surface area contributed by atoms with Crippen molar-refractivity contribution in [3.05, 3.63) is 0 Å². The van der Waals surface area contributed by atoms with E-state index in [1.807, 2.05) is 0 Å². The van der Waals surface area contributed by atoms with E-state index < -0.39 is 0 Å². The first-order valence-corrected chi connectivity index (χ1v) is 19.7. The normalized spacial score (nSPS) is 32.3. The lowest BCUT2D eigenvalue weighted by Gasteiger charge is -2.44. The Morgan fingerprint density at radius 2 is 0.950 bits per heavy atom. The van der Waals surface area contributed by atoms with Crippen LogP contribution in [0.1, 0.15) is 213 Å². The van der Waals surface area contributed by atoms with E-state index in [0.29, 0.717) is 0 Å². The largest absolute Gasteiger partial charge is 0.0654 e. The smallest absolute Gasteiger partial charge is 0.0352 e. The van der Waals surface area contributed by atoms with Crippen LogP contribution in [0.15, 0.2) is 0 Å². The maximum Gasteiger partial charge on any atom is -0.0352 e.